The largest absolute Gasteiger partial charge is 0.477 e. The molecule has 2 atom stereocenters. The molecule has 3 aliphatic heterocycles. The van der Waals surface area contributed by atoms with E-state index in [1.54, 1.807) is 6.07 Å². The van der Waals surface area contributed by atoms with E-state index < -0.39 is 0 Å². The van der Waals surface area contributed by atoms with Crippen molar-refractivity contribution in [3.05, 3.63) is 47.9 Å². The van der Waals surface area contributed by atoms with E-state index in [4.69, 9.17) is 14.2 Å². The van der Waals surface area contributed by atoms with Crippen LogP contribution in [0.4, 0.5) is 10.2 Å². The van der Waals surface area contributed by atoms with Gasteiger partial charge in [0.05, 0.1) is 17.7 Å². The normalized spacial score (nSPS) is 24.0. The second-order valence-corrected chi connectivity index (χ2v) is 10.3. The summed E-state index contributed by atoms with van der Waals surface area (Å²) >= 11 is 0. The summed E-state index contributed by atoms with van der Waals surface area (Å²) in [6.07, 6.45) is 6.19. The number of ether oxygens (including phenoxy) is 1. The molecule has 3 aromatic rings. The number of rotatable bonds is 6. The lowest BCUT2D eigenvalue weighted by molar-refractivity contribution is 0.0716. The molecule has 0 amide bonds. The first-order chi connectivity index (χ1) is 17.2. The highest BCUT2D eigenvalue weighted by Crippen LogP contribution is 2.32. The van der Waals surface area contributed by atoms with E-state index in [0.717, 1.165) is 68.3 Å². The maximum Gasteiger partial charge on any atom is 0.213 e. The number of nitrogens with zero attached hydrogens (tertiary/aromatic N) is 5. The van der Waals surface area contributed by atoms with E-state index >= 15 is 0 Å². The number of anilines is 1. The third-order valence-electron chi connectivity index (χ3n) is 7.80. The number of piperidine rings is 2. The van der Waals surface area contributed by atoms with Gasteiger partial charge in [-0.25, -0.2) is 9.37 Å². The van der Waals surface area contributed by atoms with Crippen LogP contribution in [0.15, 0.2) is 40.9 Å². The summed E-state index contributed by atoms with van der Waals surface area (Å²) in [5.41, 5.74) is 1.74. The van der Waals surface area contributed by atoms with Gasteiger partial charge in [0.15, 0.2) is 11.4 Å². The van der Waals surface area contributed by atoms with Crippen LogP contribution in [-0.2, 0) is 6.54 Å². The zero-order valence-corrected chi connectivity index (χ0v) is 20.2. The Morgan fingerprint density at radius 2 is 1.91 bits per heavy atom. The Bertz CT molecular complexity index is 1150. The second kappa shape index (κ2) is 10.1. The molecule has 5 heterocycles. The van der Waals surface area contributed by atoms with E-state index in [9.17, 15) is 4.39 Å². The molecule has 6 rings (SSSR count). The number of benzene rings is 1. The number of aromatic nitrogens is 2. The van der Waals surface area contributed by atoms with Crippen LogP contribution in [0, 0.1) is 11.7 Å². The van der Waals surface area contributed by atoms with Gasteiger partial charge >= 0.3 is 0 Å². The smallest absolute Gasteiger partial charge is 0.213 e. The van der Waals surface area contributed by atoms with Gasteiger partial charge in [-0.3, -0.25) is 9.80 Å². The SMILES string of the molecule is Fc1ccc2onc(N3CCN4C[C@H](COc5cccc(CN6CCCCC6)n5)CC[C@H]4C3)c2c1. The molecule has 35 heavy (non-hydrogen) atoms. The summed E-state index contributed by atoms with van der Waals surface area (Å²) in [4.78, 5) is 12.1. The van der Waals surface area contributed by atoms with E-state index in [0.29, 0.717) is 24.1 Å². The zero-order chi connectivity index (χ0) is 23.6. The van der Waals surface area contributed by atoms with Crippen LogP contribution in [0.5, 0.6) is 5.88 Å². The predicted octanol–water partition coefficient (Wildman–Crippen LogP) is 4.33. The van der Waals surface area contributed by atoms with Crippen molar-refractivity contribution in [1.29, 1.82) is 0 Å². The molecule has 0 unspecified atom stereocenters. The van der Waals surface area contributed by atoms with Crippen LogP contribution in [0.25, 0.3) is 11.0 Å². The van der Waals surface area contributed by atoms with Crippen molar-refractivity contribution in [2.45, 2.75) is 44.7 Å². The fourth-order valence-electron chi connectivity index (χ4n) is 5.89. The van der Waals surface area contributed by atoms with Crippen molar-refractivity contribution >= 4 is 16.8 Å². The van der Waals surface area contributed by atoms with Gasteiger partial charge in [0.1, 0.15) is 5.82 Å². The average molecular weight is 480 g/mol. The number of piperazine rings is 1. The van der Waals surface area contributed by atoms with E-state index in [2.05, 4.69) is 32.0 Å². The molecule has 186 valence electrons. The predicted molar refractivity (Wildman–Crippen MR) is 133 cm³/mol. The van der Waals surface area contributed by atoms with E-state index in [-0.39, 0.29) is 5.82 Å². The lowest BCUT2D eigenvalue weighted by atomic mass is 9.91. The Morgan fingerprint density at radius 3 is 2.83 bits per heavy atom. The highest BCUT2D eigenvalue weighted by atomic mass is 19.1. The van der Waals surface area contributed by atoms with Gasteiger partial charge in [-0.15, -0.1) is 0 Å². The van der Waals surface area contributed by atoms with Gasteiger partial charge < -0.3 is 14.2 Å². The first-order valence-corrected chi connectivity index (χ1v) is 13.1. The molecule has 0 aliphatic carbocycles. The minimum absolute atomic E-state index is 0.257. The third kappa shape index (κ3) is 5.14. The number of pyridine rings is 1. The van der Waals surface area contributed by atoms with Crippen LogP contribution in [0.3, 0.4) is 0 Å². The van der Waals surface area contributed by atoms with Crippen molar-refractivity contribution < 1.29 is 13.7 Å². The highest BCUT2D eigenvalue weighted by Gasteiger charge is 2.34. The number of likely N-dealkylation sites (tertiary alicyclic amines) is 1. The van der Waals surface area contributed by atoms with Crippen LogP contribution in [-0.4, -0.2) is 71.9 Å². The van der Waals surface area contributed by atoms with Gasteiger partial charge in [0.2, 0.25) is 5.88 Å². The summed E-state index contributed by atoms with van der Waals surface area (Å²) in [5, 5.41) is 5.02. The summed E-state index contributed by atoms with van der Waals surface area (Å²) in [5.74, 6) is 1.76. The minimum atomic E-state index is -0.257. The quantitative estimate of drug-likeness (QED) is 0.522. The lowest BCUT2D eigenvalue weighted by Crippen LogP contribution is -2.57. The van der Waals surface area contributed by atoms with Crippen LogP contribution in [0.1, 0.15) is 37.8 Å². The Balaban J connectivity index is 1.02. The first-order valence-electron chi connectivity index (χ1n) is 13.1. The highest BCUT2D eigenvalue weighted by molar-refractivity contribution is 5.88. The molecule has 0 spiro atoms. The van der Waals surface area contributed by atoms with Gasteiger partial charge in [0, 0.05) is 50.7 Å². The molecular weight excluding hydrogens is 445 g/mol. The molecule has 1 aromatic carbocycles. The standard InChI is InChI=1S/C27H34FN5O2/c28-21-8-10-25-24(15-21)27(30-35-25)33-14-13-32-16-20(7-9-23(32)18-33)19-34-26-6-4-5-22(29-26)17-31-11-2-1-3-12-31/h4-6,8,10,15,20,23H,1-3,7,9,11-14,16-19H2/t20-,23+/m1/s1. The fraction of sp³-hybridized carbons (Fsp3) is 0.556. The Labute approximate surface area is 205 Å². The summed E-state index contributed by atoms with van der Waals surface area (Å²) in [6, 6.07) is 11.2. The van der Waals surface area contributed by atoms with Crippen molar-refractivity contribution in [3.8, 4) is 5.88 Å². The van der Waals surface area contributed by atoms with Crippen molar-refractivity contribution in [2.75, 3.05) is 50.8 Å². The molecule has 2 aromatic heterocycles. The van der Waals surface area contributed by atoms with Gasteiger partial charge in [0.25, 0.3) is 0 Å². The molecule has 8 heteroatoms. The molecule has 0 saturated carbocycles. The molecule has 0 N–H and O–H groups in total. The third-order valence-corrected chi connectivity index (χ3v) is 7.80. The van der Waals surface area contributed by atoms with E-state index in [1.807, 2.05) is 6.07 Å². The number of fused-ring (bicyclic) bond motifs is 2. The van der Waals surface area contributed by atoms with Gasteiger partial charge in [-0.1, -0.05) is 17.6 Å². The van der Waals surface area contributed by atoms with Crippen molar-refractivity contribution in [2.24, 2.45) is 5.92 Å². The molecule has 0 radical (unpaired) electrons. The average Bonchev–Trinajstić information content (AvgIpc) is 3.31. The van der Waals surface area contributed by atoms with E-state index in [1.165, 1.54) is 44.5 Å². The Hall–Kier alpha value is -2.71. The summed E-state index contributed by atoms with van der Waals surface area (Å²) < 4.78 is 25.4. The molecule has 3 aliphatic rings. The molecule has 7 nitrogen and oxygen atoms in total. The Morgan fingerprint density at radius 1 is 1.00 bits per heavy atom. The van der Waals surface area contributed by atoms with Crippen LogP contribution >= 0.6 is 0 Å². The van der Waals surface area contributed by atoms with Crippen molar-refractivity contribution in [3.63, 3.8) is 0 Å². The number of halogens is 1. The molecule has 3 fully saturated rings. The lowest BCUT2D eigenvalue weighted by Gasteiger charge is -2.46. The monoisotopic (exact) mass is 479 g/mol. The topological polar surface area (TPSA) is 57.9 Å². The van der Waals surface area contributed by atoms with Crippen LogP contribution in [0.2, 0.25) is 0 Å². The summed E-state index contributed by atoms with van der Waals surface area (Å²) in [7, 11) is 0. The molecular formula is C27H34FN5O2. The maximum atomic E-state index is 13.8. The molecule has 3 saturated heterocycles. The Kier molecular flexibility index (Phi) is 6.57. The van der Waals surface area contributed by atoms with Gasteiger partial charge in [-0.2, -0.15) is 0 Å². The minimum Gasteiger partial charge on any atom is -0.477 e. The zero-order valence-electron chi connectivity index (χ0n) is 20.2. The number of hydrogen-bond donors (Lipinski definition) is 0. The second-order valence-electron chi connectivity index (χ2n) is 10.3. The summed E-state index contributed by atoms with van der Waals surface area (Å²) in [6.45, 7) is 7.74. The number of hydrogen-bond acceptors (Lipinski definition) is 7. The molecule has 0 bridgehead atoms. The fourth-order valence-corrected chi connectivity index (χ4v) is 5.89. The first kappa shape index (κ1) is 22.7. The van der Waals surface area contributed by atoms with Crippen LogP contribution < -0.4 is 9.64 Å². The van der Waals surface area contributed by atoms with Gasteiger partial charge in [-0.05, 0) is 63.0 Å². The maximum absolute atomic E-state index is 13.8. The van der Waals surface area contributed by atoms with Crippen molar-refractivity contribution in [1.82, 2.24) is 19.9 Å².